The molecule has 3 rings (SSSR count). The van der Waals surface area contributed by atoms with Gasteiger partial charge in [0.05, 0.1) is 17.2 Å². The molecule has 0 N–H and O–H groups in total. The third-order valence-electron chi connectivity index (χ3n) is 4.00. The van der Waals surface area contributed by atoms with Gasteiger partial charge in [-0.15, -0.1) is 0 Å². The molecule has 3 atom stereocenters. The second-order valence-electron chi connectivity index (χ2n) is 5.80. The average Bonchev–Trinajstić information content (AvgIpc) is 3.09. The van der Waals surface area contributed by atoms with E-state index in [2.05, 4.69) is 0 Å². The van der Waals surface area contributed by atoms with Crippen LogP contribution >= 0.6 is 0 Å². The first-order valence-electron chi connectivity index (χ1n) is 8.20. The van der Waals surface area contributed by atoms with Crippen LogP contribution in [0.3, 0.4) is 0 Å². The number of esters is 2. The van der Waals surface area contributed by atoms with E-state index in [9.17, 15) is 9.59 Å². The summed E-state index contributed by atoms with van der Waals surface area (Å²) in [5.74, 6) is -1.00. The maximum atomic E-state index is 12.2. The molecule has 1 aliphatic rings. The summed E-state index contributed by atoms with van der Waals surface area (Å²) in [6.07, 6.45) is -1.80. The maximum absolute atomic E-state index is 12.2. The van der Waals surface area contributed by atoms with Crippen LogP contribution in [0.25, 0.3) is 0 Å². The van der Waals surface area contributed by atoms with Gasteiger partial charge >= 0.3 is 11.9 Å². The molecule has 0 bridgehead atoms. The highest BCUT2D eigenvalue weighted by atomic mass is 16.6. The number of benzene rings is 2. The first-order chi connectivity index (χ1) is 12.7. The second-order valence-corrected chi connectivity index (χ2v) is 5.80. The standard InChI is InChI=1S/C20H17NO5/c21-12-16-11-17(26-20(23)15-9-5-2-6-10-15)18(25-16)13-24-19(22)14-7-3-1-4-8-14/h1-10,16-18H,11,13H2/t16-,17+,18+/m0/s1. The molecule has 0 unspecified atom stereocenters. The molecule has 1 fully saturated rings. The molecule has 0 amide bonds. The molecular weight excluding hydrogens is 334 g/mol. The Labute approximate surface area is 150 Å². The molecule has 2 aromatic carbocycles. The van der Waals surface area contributed by atoms with Gasteiger partial charge in [0.2, 0.25) is 0 Å². The first kappa shape index (κ1) is 17.6. The van der Waals surface area contributed by atoms with Crippen LogP contribution < -0.4 is 0 Å². The van der Waals surface area contributed by atoms with Crippen molar-refractivity contribution in [3.63, 3.8) is 0 Å². The molecule has 1 heterocycles. The Morgan fingerprint density at radius 2 is 1.58 bits per heavy atom. The SMILES string of the molecule is N#C[C@@H]1C[C@@H](OC(=O)c2ccccc2)[C@@H](COC(=O)c2ccccc2)O1. The van der Waals surface area contributed by atoms with E-state index in [-0.39, 0.29) is 13.0 Å². The Hall–Kier alpha value is -3.17. The van der Waals surface area contributed by atoms with Crippen molar-refractivity contribution in [2.24, 2.45) is 0 Å². The summed E-state index contributed by atoms with van der Waals surface area (Å²) in [4.78, 5) is 24.3. The fourth-order valence-electron chi connectivity index (χ4n) is 2.67. The minimum atomic E-state index is -0.705. The van der Waals surface area contributed by atoms with Gasteiger partial charge in [-0.1, -0.05) is 36.4 Å². The largest absolute Gasteiger partial charge is 0.459 e. The number of nitrogens with zero attached hydrogens (tertiary/aromatic N) is 1. The number of carbonyl (C=O) groups excluding carboxylic acids is 2. The average molecular weight is 351 g/mol. The van der Waals surface area contributed by atoms with Crippen molar-refractivity contribution in [3.05, 3.63) is 71.8 Å². The number of hydrogen-bond donors (Lipinski definition) is 0. The summed E-state index contributed by atoms with van der Waals surface area (Å²) in [5.41, 5.74) is 0.827. The highest BCUT2D eigenvalue weighted by Crippen LogP contribution is 2.24. The third-order valence-corrected chi connectivity index (χ3v) is 4.00. The van der Waals surface area contributed by atoms with Crippen molar-refractivity contribution in [2.45, 2.75) is 24.7 Å². The summed E-state index contributed by atoms with van der Waals surface area (Å²) < 4.78 is 16.3. The summed E-state index contributed by atoms with van der Waals surface area (Å²) in [6, 6.07) is 19.1. The number of hydrogen-bond acceptors (Lipinski definition) is 6. The van der Waals surface area contributed by atoms with Gasteiger partial charge in [-0.2, -0.15) is 5.26 Å². The van der Waals surface area contributed by atoms with Crippen molar-refractivity contribution in [3.8, 4) is 6.07 Å². The smallest absolute Gasteiger partial charge is 0.338 e. The molecule has 0 aliphatic carbocycles. The Morgan fingerprint density at radius 3 is 2.15 bits per heavy atom. The lowest BCUT2D eigenvalue weighted by molar-refractivity contribution is -0.0350. The van der Waals surface area contributed by atoms with Gasteiger partial charge in [-0.05, 0) is 24.3 Å². The van der Waals surface area contributed by atoms with Crippen LogP contribution in [0, 0.1) is 11.3 Å². The lowest BCUT2D eigenvalue weighted by Gasteiger charge is -2.18. The highest BCUT2D eigenvalue weighted by Gasteiger charge is 2.39. The van der Waals surface area contributed by atoms with Gasteiger partial charge in [0.1, 0.15) is 24.9 Å². The normalized spacial score (nSPS) is 21.6. The van der Waals surface area contributed by atoms with Crippen molar-refractivity contribution in [2.75, 3.05) is 6.61 Å². The van der Waals surface area contributed by atoms with Gasteiger partial charge in [0, 0.05) is 6.42 Å². The van der Waals surface area contributed by atoms with Crippen molar-refractivity contribution >= 4 is 11.9 Å². The highest BCUT2D eigenvalue weighted by molar-refractivity contribution is 5.90. The van der Waals surface area contributed by atoms with Crippen LogP contribution in [-0.4, -0.2) is 36.9 Å². The Kier molecular flexibility index (Phi) is 5.62. The Balaban J connectivity index is 1.62. The van der Waals surface area contributed by atoms with Gasteiger partial charge in [0.15, 0.2) is 0 Å². The van der Waals surface area contributed by atoms with Crippen LogP contribution in [0.15, 0.2) is 60.7 Å². The van der Waals surface area contributed by atoms with E-state index in [1.165, 1.54) is 0 Å². The molecular formula is C20H17NO5. The van der Waals surface area contributed by atoms with Gasteiger partial charge in [-0.25, -0.2) is 9.59 Å². The summed E-state index contributed by atoms with van der Waals surface area (Å²) >= 11 is 0. The predicted octanol–water partition coefficient (Wildman–Crippen LogP) is 2.75. The molecule has 6 nitrogen and oxygen atoms in total. The van der Waals surface area contributed by atoms with E-state index in [0.717, 1.165) is 0 Å². The van der Waals surface area contributed by atoms with E-state index in [1.54, 1.807) is 60.7 Å². The fraction of sp³-hybridized carbons (Fsp3) is 0.250. The van der Waals surface area contributed by atoms with Crippen molar-refractivity contribution in [1.82, 2.24) is 0 Å². The molecule has 132 valence electrons. The van der Waals surface area contributed by atoms with Gasteiger partial charge in [0.25, 0.3) is 0 Å². The third kappa shape index (κ3) is 4.26. The lowest BCUT2D eigenvalue weighted by atomic mass is 10.1. The van der Waals surface area contributed by atoms with Crippen molar-refractivity contribution < 1.29 is 23.8 Å². The number of nitriles is 1. The maximum Gasteiger partial charge on any atom is 0.338 e. The number of rotatable bonds is 5. The zero-order chi connectivity index (χ0) is 18.4. The minimum Gasteiger partial charge on any atom is -0.459 e. The molecule has 26 heavy (non-hydrogen) atoms. The van der Waals surface area contributed by atoms with E-state index in [1.807, 2.05) is 6.07 Å². The second kappa shape index (κ2) is 8.28. The van der Waals surface area contributed by atoms with Gasteiger partial charge in [-0.3, -0.25) is 0 Å². The fourth-order valence-corrected chi connectivity index (χ4v) is 2.67. The molecule has 2 aromatic rings. The molecule has 0 saturated carbocycles. The Bertz CT molecular complexity index is 800. The minimum absolute atomic E-state index is 0.0986. The molecule has 0 spiro atoms. The molecule has 1 aliphatic heterocycles. The van der Waals surface area contributed by atoms with E-state index >= 15 is 0 Å². The summed E-state index contributed by atoms with van der Waals surface area (Å²) in [7, 11) is 0. The number of carbonyl (C=O) groups is 2. The molecule has 1 saturated heterocycles. The first-order valence-corrected chi connectivity index (χ1v) is 8.20. The molecule has 0 radical (unpaired) electrons. The lowest BCUT2D eigenvalue weighted by Crippen LogP contribution is -2.32. The van der Waals surface area contributed by atoms with Crippen LogP contribution in [0.2, 0.25) is 0 Å². The van der Waals surface area contributed by atoms with Crippen LogP contribution in [0.5, 0.6) is 0 Å². The Morgan fingerprint density at radius 1 is 1.00 bits per heavy atom. The zero-order valence-corrected chi connectivity index (χ0v) is 13.9. The summed E-state index contributed by atoms with van der Waals surface area (Å²) in [6.45, 7) is -0.0986. The molecule has 0 aromatic heterocycles. The molecule has 6 heteroatoms. The monoisotopic (exact) mass is 351 g/mol. The number of ether oxygens (including phenoxy) is 3. The van der Waals surface area contributed by atoms with Gasteiger partial charge < -0.3 is 14.2 Å². The van der Waals surface area contributed by atoms with Crippen LogP contribution in [-0.2, 0) is 14.2 Å². The van der Waals surface area contributed by atoms with E-state index < -0.39 is 30.3 Å². The topological polar surface area (TPSA) is 85.6 Å². The van der Waals surface area contributed by atoms with Crippen molar-refractivity contribution in [1.29, 1.82) is 5.26 Å². The zero-order valence-electron chi connectivity index (χ0n) is 13.9. The van der Waals surface area contributed by atoms with E-state index in [0.29, 0.717) is 11.1 Å². The van der Waals surface area contributed by atoms with Crippen LogP contribution in [0.1, 0.15) is 27.1 Å². The quantitative estimate of drug-likeness (QED) is 0.770. The van der Waals surface area contributed by atoms with E-state index in [4.69, 9.17) is 19.5 Å². The predicted molar refractivity (Wildman–Crippen MR) is 91.3 cm³/mol. The van der Waals surface area contributed by atoms with Crippen LogP contribution in [0.4, 0.5) is 0 Å². The summed E-state index contributed by atoms with van der Waals surface area (Å²) in [5, 5.41) is 9.08.